The predicted octanol–water partition coefficient (Wildman–Crippen LogP) is 7.75. The molecule has 1 heterocycles. The van der Waals surface area contributed by atoms with E-state index in [9.17, 15) is 9.59 Å². The second kappa shape index (κ2) is 15.2. The summed E-state index contributed by atoms with van der Waals surface area (Å²) in [6, 6.07) is 24.9. The number of nitrogens with zero attached hydrogens (tertiary/aromatic N) is 3. The van der Waals surface area contributed by atoms with Crippen LogP contribution in [0.2, 0.25) is 0 Å². The molecule has 0 fully saturated rings. The molecule has 4 N–H and O–H groups in total. The Morgan fingerprint density at radius 1 is 0.809 bits per heavy atom. The number of likely N-dealkylation sites (N-methyl/N-ethyl adjacent to an activating group) is 1. The monoisotopic (exact) mass is 651 g/mol. The second-order valence-corrected chi connectivity index (χ2v) is 12.1. The van der Waals surface area contributed by atoms with Gasteiger partial charge in [-0.05, 0) is 88.5 Å². The Hall–Kier alpha value is -4.86. The van der Waals surface area contributed by atoms with E-state index in [0.717, 1.165) is 64.1 Å². The Balaban J connectivity index is 1.42. The average molecular weight is 652 g/mol. The van der Waals surface area contributed by atoms with Gasteiger partial charge in [0, 0.05) is 65.6 Å². The zero-order valence-corrected chi connectivity index (χ0v) is 28.3. The molecule has 0 radical (unpaired) electrons. The molecular weight excluding hydrogens is 610 g/mol. The highest BCUT2D eigenvalue weighted by Crippen LogP contribution is 2.37. The molecule has 9 nitrogen and oxygen atoms in total. The zero-order valence-electron chi connectivity index (χ0n) is 27.6. The highest BCUT2D eigenvalue weighted by atomic mass is 35.5. The number of fused-ring (bicyclic) bond motifs is 2. The number of aromatic nitrogens is 1. The fourth-order valence-corrected chi connectivity index (χ4v) is 5.73. The van der Waals surface area contributed by atoms with Crippen LogP contribution in [-0.2, 0) is 0 Å². The molecule has 0 atom stereocenters. The van der Waals surface area contributed by atoms with E-state index in [1.54, 1.807) is 0 Å². The number of amides is 3. The summed E-state index contributed by atoms with van der Waals surface area (Å²) in [4.78, 5) is 35.5. The minimum absolute atomic E-state index is 0.162. The van der Waals surface area contributed by atoms with Crippen LogP contribution in [0.15, 0.2) is 78.9 Å². The smallest absolute Gasteiger partial charge is 0.323 e. The normalized spacial score (nSPS) is 11.1. The summed E-state index contributed by atoms with van der Waals surface area (Å²) < 4.78 is 0. The molecule has 5 rings (SSSR count). The number of alkyl halides is 1. The van der Waals surface area contributed by atoms with Crippen LogP contribution in [-0.4, -0.2) is 68.0 Å². The molecule has 0 aliphatic carbocycles. The molecule has 0 spiro atoms. The largest absolute Gasteiger partial charge is 0.371 e. The van der Waals surface area contributed by atoms with E-state index in [-0.39, 0.29) is 11.9 Å². The molecule has 0 saturated carbocycles. The van der Waals surface area contributed by atoms with Crippen molar-refractivity contribution in [2.45, 2.75) is 20.8 Å². The number of anilines is 5. The summed E-state index contributed by atoms with van der Waals surface area (Å²) in [5, 5.41) is 14.3. The first-order valence-corrected chi connectivity index (χ1v) is 16.3. The fourth-order valence-electron chi connectivity index (χ4n) is 5.53. The highest BCUT2D eigenvalue weighted by Gasteiger charge is 2.18. The summed E-state index contributed by atoms with van der Waals surface area (Å²) in [5.41, 5.74) is 8.00. The Labute approximate surface area is 281 Å². The quantitative estimate of drug-likeness (QED) is 0.0813. The Morgan fingerprint density at radius 3 is 2.19 bits per heavy atom. The fraction of sp³-hybridized carbons (Fsp3) is 0.270. The lowest BCUT2D eigenvalue weighted by Gasteiger charge is -2.22. The van der Waals surface area contributed by atoms with Crippen molar-refractivity contribution in [2.75, 3.05) is 67.0 Å². The lowest BCUT2D eigenvalue weighted by molar-refractivity contribution is 0.0952. The summed E-state index contributed by atoms with van der Waals surface area (Å²) >= 11 is 5.94. The molecule has 0 aliphatic rings. The first kappa shape index (κ1) is 33.5. The van der Waals surface area contributed by atoms with Crippen LogP contribution in [0.25, 0.3) is 21.8 Å². The van der Waals surface area contributed by atoms with Gasteiger partial charge < -0.3 is 31.1 Å². The van der Waals surface area contributed by atoms with Gasteiger partial charge in [0.05, 0.1) is 22.3 Å². The maximum atomic E-state index is 13.3. The van der Waals surface area contributed by atoms with Gasteiger partial charge in [-0.25, -0.2) is 9.78 Å². The van der Waals surface area contributed by atoms with E-state index < -0.39 is 0 Å². The van der Waals surface area contributed by atoms with Gasteiger partial charge in [0.15, 0.2) is 0 Å². The van der Waals surface area contributed by atoms with Crippen molar-refractivity contribution < 1.29 is 9.59 Å². The van der Waals surface area contributed by atoms with Gasteiger partial charge in [-0.2, -0.15) is 0 Å². The maximum absolute atomic E-state index is 13.3. The van der Waals surface area contributed by atoms with E-state index in [1.807, 2.05) is 112 Å². The SMILES string of the molecule is CCN(CCCl)c1ccc(NC(=O)Nc2ccc(C)c(Nc3c4cccc(C)c4nc4c(C(=O)NCCN(C)C)cccc34)c2)cc1. The van der Waals surface area contributed by atoms with Crippen LogP contribution in [0, 0.1) is 13.8 Å². The number of urea groups is 1. The first-order chi connectivity index (χ1) is 22.7. The number of nitrogens with one attached hydrogen (secondary N) is 4. The highest BCUT2D eigenvalue weighted by molar-refractivity contribution is 6.18. The molecule has 0 unspecified atom stereocenters. The minimum Gasteiger partial charge on any atom is -0.371 e. The number of benzene rings is 4. The van der Waals surface area contributed by atoms with E-state index in [4.69, 9.17) is 16.6 Å². The first-order valence-electron chi connectivity index (χ1n) is 15.8. The molecule has 0 aliphatic heterocycles. The Bertz CT molecular complexity index is 1890. The molecule has 244 valence electrons. The topological polar surface area (TPSA) is 102 Å². The van der Waals surface area contributed by atoms with Crippen LogP contribution in [0.5, 0.6) is 0 Å². The maximum Gasteiger partial charge on any atom is 0.323 e. The van der Waals surface area contributed by atoms with E-state index >= 15 is 0 Å². The number of hydrogen-bond acceptors (Lipinski definition) is 6. The summed E-state index contributed by atoms with van der Waals surface area (Å²) in [7, 11) is 3.95. The number of rotatable bonds is 12. The Morgan fingerprint density at radius 2 is 1.49 bits per heavy atom. The van der Waals surface area contributed by atoms with Gasteiger partial charge in [0.1, 0.15) is 0 Å². The van der Waals surface area contributed by atoms with Gasteiger partial charge in [-0.15, -0.1) is 11.6 Å². The van der Waals surface area contributed by atoms with E-state index in [1.165, 1.54) is 0 Å². The molecule has 10 heteroatoms. The molecule has 4 aromatic carbocycles. The van der Waals surface area contributed by atoms with Crippen molar-refractivity contribution in [2.24, 2.45) is 0 Å². The standard InChI is InChI=1S/C37H42ClN7O2/c1-6-45(21-19-38)28-17-15-26(16-18-28)40-37(47)41-27-14-13-24(2)32(23-27)42-34-29-10-7-9-25(3)33(29)43-35-30(34)11-8-12-31(35)36(46)39-20-22-44(4)5/h7-18,23H,6,19-22H2,1-5H3,(H,39,46)(H,42,43)(H2,40,41,47). The van der Waals surface area contributed by atoms with Gasteiger partial charge in [0.2, 0.25) is 0 Å². The van der Waals surface area contributed by atoms with Crippen LogP contribution in [0.4, 0.5) is 33.2 Å². The second-order valence-electron chi connectivity index (χ2n) is 11.8. The molecule has 5 aromatic rings. The van der Waals surface area contributed by atoms with Gasteiger partial charge in [-0.3, -0.25) is 4.79 Å². The third-order valence-electron chi connectivity index (χ3n) is 8.11. The van der Waals surface area contributed by atoms with Gasteiger partial charge in [-0.1, -0.05) is 36.4 Å². The zero-order chi connectivity index (χ0) is 33.5. The number of halogens is 1. The van der Waals surface area contributed by atoms with Crippen LogP contribution in [0.1, 0.15) is 28.4 Å². The number of carbonyl (C=O) groups is 2. The Kier molecular flexibility index (Phi) is 10.8. The van der Waals surface area contributed by atoms with Crippen molar-refractivity contribution in [3.8, 4) is 0 Å². The number of pyridine rings is 1. The summed E-state index contributed by atoms with van der Waals surface area (Å²) in [6.45, 7) is 8.99. The molecule has 1 aromatic heterocycles. The molecule has 0 bridgehead atoms. The third-order valence-corrected chi connectivity index (χ3v) is 8.28. The van der Waals surface area contributed by atoms with Crippen molar-refractivity contribution in [3.63, 3.8) is 0 Å². The molecule has 3 amide bonds. The lowest BCUT2D eigenvalue weighted by Crippen LogP contribution is -2.31. The lowest BCUT2D eigenvalue weighted by atomic mass is 10.0. The van der Waals surface area contributed by atoms with Gasteiger partial charge >= 0.3 is 6.03 Å². The van der Waals surface area contributed by atoms with Crippen molar-refractivity contribution in [1.29, 1.82) is 0 Å². The van der Waals surface area contributed by atoms with E-state index in [0.29, 0.717) is 34.9 Å². The molecule has 0 saturated heterocycles. The predicted molar refractivity (Wildman–Crippen MR) is 197 cm³/mol. The van der Waals surface area contributed by atoms with Crippen molar-refractivity contribution in [1.82, 2.24) is 15.2 Å². The van der Waals surface area contributed by atoms with Crippen molar-refractivity contribution >= 4 is 73.8 Å². The number of carbonyl (C=O) groups excluding carboxylic acids is 2. The van der Waals surface area contributed by atoms with Crippen LogP contribution in [0.3, 0.4) is 0 Å². The minimum atomic E-state index is -0.346. The summed E-state index contributed by atoms with van der Waals surface area (Å²) in [6.07, 6.45) is 0. The average Bonchev–Trinajstić information content (AvgIpc) is 3.05. The van der Waals surface area contributed by atoms with Crippen LogP contribution >= 0.6 is 11.6 Å². The number of hydrogen-bond donors (Lipinski definition) is 4. The van der Waals surface area contributed by atoms with E-state index in [2.05, 4.69) is 33.1 Å². The number of para-hydroxylation sites is 2. The number of aryl methyl sites for hydroxylation is 2. The van der Waals surface area contributed by atoms with Gasteiger partial charge in [0.25, 0.3) is 5.91 Å². The van der Waals surface area contributed by atoms with Crippen LogP contribution < -0.4 is 26.2 Å². The summed E-state index contributed by atoms with van der Waals surface area (Å²) in [5.74, 6) is 0.386. The third kappa shape index (κ3) is 7.93. The van der Waals surface area contributed by atoms with Crippen molar-refractivity contribution in [3.05, 3.63) is 95.6 Å². The molecular formula is C37H42ClN7O2. The molecule has 47 heavy (non-hydrogen) atoms.